The van der Waals surface area contributed by atoms with Crippen LogP contribution >= 0.6 is 11.3 Å². The van der Waals surface area contributed by atoms with Crippen molar-refractivity contribution in [3.8, 4) is 5.75 Å². The molecular formula is C19H22N2O5S2. The number of nitrogens with zero attached hydrogens (tertiary/aromatic N) is 2. The summed E-state index contributed by atoms with van der Waals surface area (Å²) in [7, 11) is -2.16. The Morgan fingerprint density at radius 3 is 2.46 bits per heavy atom. The Bertz CT molecular complexity index is 933. The third-order valence-corrected chi connectivity index (χ3v) is 8.15. The average Bonchev–Trinajstić information content (AvgIpc) is 3.39. The molecule has 9 heteroatoms. The molecule has 2 aromatic rings. The van der Waals surface area contributed by atoms with Crippen LogP contribution in [0.25, 0.3) is 0 Å². The predicted molar refractivity (Wildman–Crippen MR) is 105 cm³/mol. The number of carbonyl (C=O) groups is 1. The first-order valence-corrected chi connectivity index (χ1v) is 11.4. The fraction of sp³-hybridized carbons (Fsp3) is 0.421. The summed E-state index contributed by atoms with van der Waals surface area (Å²) in [4.78, 5) is 15.3. The minimum absolute atomic E-state index is 0.00703. The first-order valence-electron chi connectivity index (χ1n) is 9.10. The van der Waals surface area contributed by atoms with Crippen molar-refractivity contribution < 1.29 is 22.7 Å². The molecule has 0 atom stereocenters. The summed E-state index contributed by atoms with van der Waals surface area (Å²) in [5.41, 5.74) is -0.884. The van der Waals surface area contributed by atoms with Gasteiger partial charge in [0.1, 0.15) is 11.5 Å². The molecule has 7 nitrogen and oxygen atoms in total. The number of likely N-dealkylation sites (tertiary alicyclic amines) is 1. The second-order valence-corrected chi connectivity index (χ2v) is 9.63. The van der Waals surface area contributed by atoms with E-state index in [9.17, 15) is 13.2 Å². The molecular weight excluding hydrogens is 400 g/mol. The fourth-order valence-corrected chi connectivity index (χ4v) is 6.23. The minimum atomic E-state index is -3.70. The van der Waals surface area contributed by atoms with Gasteiger partial charge in [-0.15, -0.1) is 11.3 Å². The zero-order valence-electron chi connectivity index (χ0n) is 15.5. The first-order chi connectivity index (χ1) is 13.5. The molecule has 4 rings (SSSR count). The second-order valence-electron chi connectivity index (χ2n) is 6.82. The zero-order valence-corrected chi connectivity index (χ0v) is 17.2. The molecule has 1 aromatic carbocycles. The Balaban J connectivity index is 1.52. The van der Waals surface area contributed by atoms with Gasteiger partial charge in [-0.05, 0) is 35.7 Å². The molecule has 2 saturated heterocycles. The summed E-state index contributed by atoms with van der Waals surface area (Å²) < 4.78 is 39.0. The third kappa shape index (κ3) is 3.32. The number of hydrogen-bond donors (Lipinski definition) is 0. The van der Waals surface area contributed by atoms with E-state index in [1.54, 1.807) is 29.2 Å². The molecule has 2 aliphatic rings. The van der Waals surface area contributed by atoms with E-state index in [-0.39, 0.29) is 10.8 Å². The number of piperidine rings is 1. The van der Waals surface area contributed by atoms with Crippen LogP contribution in [0.2, 0.25) is 0 Å². The molecule has 2 aliphatic heterocycles. The Morgan fingerprint density at radius 1 is 1.14 bits per heavy atom. The molecule has 0 saturated carbocycles. The lowest BCUT2D eigenvalue weighted by molar-refractivity contribution is -0.0856. The molecule has 28 heavy (non-hydrogen) atoms. The lowest BCUT2D eigenvalue weighted by Gasteiger charge is -2.42. The van der Waals surface area contributed by atoms with Crippen LogP contribution in [0.1, 0.15) is 22.5 Å². The molecule has 0 unspecified atom stereocenters. The monoisotopic (exact) mass is 422 g/mol. The van der Waals surface area contributed by atoms with Crippen LogP contribution in [0.4, 0.5) is 0 Å². The lowest BCUT2D eigenvalue weighted by atomic mass is 10.0. The fourth-order valence-electron chi connectivity index (χ4n) is 3.82. The molecule has 2 fully saturated rings. The standard InChI is InChI=1S/C19H22N2O5S2/c1-25-15-4-6-16(7-5-15)28(23,24)21-12-13-26-19(21)8-10-20(11-9-19)18(22)17-3-2-14-27-17/h2-7,14H,8-13H2,1H3. The van der Waals surface area contributed by atoms with E-state index in [1.807, 2.05) is 17.5 Å². The Kier molecular flexibility index (Phi) is 5.17. The SMILES string of the molecule is COc1ccc(S(=O)(=O)N2CCOC23CCN(C(=O)c2cccs2)CC3)cc1. The van der Waals surface area contributed by atoms with E-state index in [0.717, 1.165) is 0 Å². The van der Waals surface area contributed by atoms with Crippen molar-refractivity contribution >= 4 is 27.3 Å². The average molecular weight is 423 g/mol. The highest BCUT2D eigenvalue weighted by Gasteiger charge is 2.51. The van der Waals surface area contributed by atoms with Gasteiger partial charge in [-0.25, -0.2) is 8.42 Å². The van der Waals surface area contributed by atoms with E-state index in [4.69, 9.17) is 9.47 Å². The second kappa shape index (κ2) is 7.47. The summed E-state index contributed by atoms with van der Waals surface area (Å²) >= 11 is 1.41. The van der Waals surface area contributed by atoms with Gasteiger partial charge in [0.2, 0.25) is 10.0 Å². The number of rotatable bonds is 4. The molecule has 150 valence electrons. The van der Waals surface area contributed by atoms with Crippen molar-refractivity contribution in [2.45, 2.75) is 23.5 Å². The molecule has 1 aromatic heterocycles. The summed E-state index contributed by atoms with van der Waals surface area (Å²) in [5, 5.41) is 1.88. The molecule has 0 bridgehead atoms. The van der Waals surface area contributed by atoms with E-state index in [0.29, 0.717) is 49.7 Å². The number of benzene rings is 1. The number of methoxy groups -OCH3 is 1. The molecule has 3 heterocycles. The summed E-state index contributed by atoms with van der Waals surface area (Å²) in [5.74, 6) is 0.596. The summed E-state index contributed by atoms with van der Waals surface area (Å²) in [6, 6.07) is 10.0. The van der Waals surface area contributed by atoms with Gasteiger partial charge in [0, 0.05) is 32.5 Å². The number of ether oxygens (including phenoxy) is 2. The van der Waals surface area contributed by atoms with Crippen LogP contribution in [0.3, 0.4) is 0 Å². The van der Waals surface area contributed by atoms with Crippen molar-refractivity contribution in [1.82, 2.24) is 9.21 Å². The van der Waals surface area contributed by atoms with Crippen LogP contribution in [0, 0.1) is 0 Å². The quantitative estimate of drug-likeness (QED) is 0.756. The number of hydrogen-bond acceptors (Lipinski definition) is 6. The maximum Gasteiger partial charge on any atom is 0.263 e. The topological polar surface area (TPSA) is 76.2 Å². The van der Waals surface area contributed by atoms with E-state index in [2.05, 4.69) is 0 Å². The zero-order chi connectivity index (χ0) is 19.8. The normalized spacial score (nSPS) is 19.8. The third-order valence-electron chi connectivity index (χ3n) is 5.33. The molecule has 1 amide bonds. The highest BCUT2D eigenvalue weighted by Crippen LogP contribution is 2.38. The van der Waals surface area contributed by atoms with Gasteiger partial charge in [0.15, 0.2) is 0 Å². The molecule has 0 N–H and O–H groups in total. The van der Waals surface area contributed by atoms with E-state index >= 15 is 0 Å². The van der Waals surface area contributed by atoms with Gasteiger partial charge in [-0.2, -0.15) is 4.31 Å². The molecule has 0 aliphatic carbocycles. The Morgan fingerprint density at radius 2 is 1.86 bits per heavy atom. The summed E-state index contributed by atoms with van der Waals surface area (Å²) in [6.07, 6.45) is 0.916. The van der Waals surface area contributed by atoms with Crippen LogP contribution in [-0.2, 0) is 14.8 Å². The highest BCUT2D eigenvalue weighted by molar-refractivity contribution is 7.89. The van der Waals surface area contributed by atoms with Crippen molar-refractivity contribution in [3.63, 3.8) is 0 Å². The Hall–Kier alpha value is -1.94. The van der Waals surface area contributed by atoms with Gasteiger partial charge in [0.25, 0.3) is 5.91 Å². The maximum atomic E-state index is 13.2. The van der Waals surface area contributed by atoms with Gasteiger partial charge in [0.05, 0.1) is 23.5 Å². The molecule has 0 radical (unpaired) electrons. The van der Waals surface area contributed by atoms with Crippen LogP contribution < -0.4 is 4.74 Å². The lowest BCUT2D eigenvalue weighted by Crippen LogP contribution is -2.55. The predicted octanol–water partition coefficient (Wildman–Crippen LogP) is 2.41. The van der Waals surface area contributed by atoms with Gasteiger partial charge >= 0.3 is 0 Å². The van der Waals surface area contributed by atoms with Gasteiger partial charge in [-0.3, -0.25) is 4.79 Å². The van der Waals surface area contributed by atoms with Crippen LogP contribution in [-0.4, -0.2) is 62.6 Å². The van der Waals surface area contributed by atoms with Gasteiger partial charge < -0.3 is 14.4 Å². The maximum absolute atomic E-state index is 13.2. The number of sulfonamides is 1. The largest absolute Gasteiger partial charge is 0.497 e. The number of thiophene rings is 1. The smallest absolute Gasteiger partial charge is 0.263 e. The van der Waals surface area contributed by atoms with E-state index < -0.39 is 15.7 Å². The summed E-state index contributed by atoms with van der Waals surface area (Å²) in [6.45, 7) is 1.60. The van der Waals surface area contributed by atoms with E-state index in [1.165, 1.54) is 22.8 Å². The van der Waals surface area contributed by atoms with Crippen LogP contribution in [0.5, 0.6) is 5.75 Å². The highest BCUT2D eigenvalue weighted by atomic mass is 32.2. The van der Waals surface area contributed by atoms with Gasteiger partial charge in [-0.1, -0.05) is 6.07 Å². The number of carbonyl (C=O) groups excluding carboxylic acids is 1. The first kappa shape index (κ1) is 19.4. The number of amides is 1. The van der Waals surface area contributed by atoms with Crippen molar-refractivity contribution in [3.05, 3.63) is 46.7 Å². The molecule has 1 spiro atoms. The van der Waals surface area contributed by atoms with Crippen molar-refractivity contribution in [2.24, 2.45) is 0 Å². The van der Waals surface area contributed by atoms with Crippen LogP contribution in [0.15, 0.2) is 46.7 Å². The van der Waals surface area contributed by atoms with Crippen molar-refractivity contribution in [1.29, 1.82) is 0 Å². The van der Waals surface area contributed by atoms with Crippen molar-refractivity contribution in [2.75, 3.05) is 33.4 Å². The Labute approximate surface area is 168 Å². The minimum Gasteiger partial charge on any atom is -0.497 e.